The third kappa shape index (κ3) is 1.57. The molecule has 74 valence electrons. The standard InChI is InChI=1S/C11H12BrNO/c1-7-9(4-5-14)10-6-8(12)2-3-11(10)13-7/h2-3,6,13-14H,4-5H2,1H3. The van der Waals surface area contributed by atoms with E-state index in [9.17, 15) is 0 Å². The molecule has 0 saturated heterocycles. The molecule has 2 nitrogen and oxygen atoms in total. The number of fused-ring (bicyclic) bond motifs is 1. The molecule has 3 heteroatoms. The summed E-state index contributed by atoms with van der Waals surface area (Å²) in [5.41, 5.74) is 3.49. The smallest absolute Gasteiger partial charge is 0.0472 e. The fraction of sp³-hybridized carbons (Fsp3) is 0.273. The summed E-state index contributed by atoms with van der Waals surface area (Å²) in [5.74, 6) is 0. The first-order valence-electron chi connectivity index (χ1n) is 4.60. The van der Waals surface area contributed by atoms with E-state index in [2.05, 4.69) is 27.0 Å². The number of aromatic nitrogens is 1. The predicted molar refractivity (Wildman–Crippen MR) is 61.5 cm³/mol. The fourth-order valence-electron chi connectivity index (χ4n) is 1.79. The maximum Gasteiger partial charge on any atom is 0.0472 e. The van der Waals surface area contributed by atoms with Gasteiger partial charge in [0.2, 0.25) is 0 Å². The molecule has 14 heavy (non-hydrogen) atoms. The second kappa shape index (κ2) is 3.75. The Morgan fingerprint density at radius 3 is 2.93 bits per heavy atom. The van der Waals surface area contributed by atoms with Crippen LogP contribution in [0.5, 0.6) is 0 Å². The van der Waals surface area contributed by atoms with Gasteiger partial charge >= 0.3 is 0 Å². The molecule has 2 N–H and O–H groups in total. The van der Waals surface area contributed by atoms with Crippen LogP contribution in [0.25, 0.3) is 10.9 Å². The lowest BCUT2D eigenvalue weighted by Gasteiger charge is -1.97. The van der Waals surface area contributed by atoms with Gasteiger partial charge < -0.3 is 10.1 Å². The van der Waals surface area contributed by atoms with Crippen molar-refractivity contribution in [1.82, 2.24) is 4.98 Å². The van der Waals surface area contributed by atoms with E-state index >= 15 is 0 Å². The van der Waals surface area contributed by atoms with E-state index < -0.39 is 0 Å². The Bertz CT molecular complexity index is 462. The number of benzene rings is 1. The third-order valence-corrected chi connectivity index (χ3v) is 2.94. The van der Waals surface area contributed by atoms with Crippen LogP contribution in [0.3, 0.4) is 0 Å². The van der Waals surface area contributed by atoms with Crippen molar-refractivity contribution < 1.29 is 5.11 Å². The molecule has 1 aromatic carbocycles. The van der Waals surface area contributed by atoms with Gasteiger partial charge in [-0.05, 0) is 37.1 Å². The van der Waals surface area contributed by atoms with Gasteiger partial charge in [0, 0.05) is 27.7 Å². The molecule has 0 amide bonds. The number of rotatable bonds is 2. The van der Waals surface area contributed by atoms with E-state index in [0.29, 0.717) is 6.42 Å². The molecule has 0 saturated carbocycles. The lowest BCUT2D eigenvalue weighted by atomic mass is 10.1. The number of hydrogen-bond donors (Lipinski definition) is 2. The van der Waals surface area contributed by atoms with Gasteiger partial charge in [0.1, 0.15) is 0 Å². The average molecular weight is 254 g/mol. The van der Waals surface area contributed by atoms with Crippen molar-refractivity contribution in [1.29, 1.82) is 0 Å². The Hall–Kier alpha value is -0.800. The maximum absolute atomic E-state index is 8.97. The van der Waals surface area contributed by atoms with Gasteiger partial charge in [-0.15, -0.1) is 0 Å². The maximum atomic E-state index is 8.97. The quantitative estimate of drug-likeness (QED) is 0.849. The molecule has 2 rings (SSSR count). The highest BCUT2D eigenvalue weighted by Gasteiger charge is 2.07. The van der Waals surface area contributed by atoms with E-state index in [1.807, 2.05) is 19.1 Å². The van der Waals surface area contributed by atoms with Crippen molar-refractivity contribution in [2.45, 2.75) is 13.3 Å². The van der Waals surface area contributed by atoms with Gasteiger partial charge in [0.05, 0.1) is 0 Å². The molecule has 0 aliphatic carbocycles. The molecular formula is C11H12BrNO. The number of nitrogens with one attached hydrogen (secondary N) is 1. The Kier molecular flexibility index (Phi) is 2.61. The zero-order valence-corrected chi connectivity index (χ0v) is 9.56. The van der Waals surface area contributed by atoms with Crippen LogP contribution < -0.4 is 0 Å². The minimum absolute atomic E-state index is 0.195. The normalized spacial score (nSPS) is 11.1. The van der Waals surface area contributed by atoms with Gasteiger partial charge in [0.15, 0.2) is 0 Å². The molecule has 0 fully saturated rings. The molecule has 2 aromatic rings. The largest absolute Gasteiger partial charge is 0.396 e. The van der Waals surface area contributed by atoms with E-state index in [1.165, 1.54) is 10.9 Å². The predicted octanol–water partition coefficient (Wildman–Crippen LogP) is 2.77. The highest BCUT2D eigenvalue weighted by Crippen LogP contribution is 2.25. The van der Waals surface area contributed by atoms with Gasteiger partial charge in [0.25, 0.3) is 0 Å². The summed E-state index contributed by atoms with van der Waals surface area (Å²) in [6.45, 7) is 2.24. The second-order valence-corrected chi connectivity index (χ2v) is 4.31. The number of aliphatic hydroxyl groups excluding tert-OH is 1. The van der Waals surface area contributed by atoms with E-state index in [1.54, 1.807) is 0 Å². The molecule has 0 radical (unpaired) electrons. The SMILES string of the molecule is Cc1[nH]c2ccc(Br)cc2c1CCO. The van der Waals surface area contributed by atoms with Crippen molar-refractivity contribution >= 4 is 26.8 Å². The topological polar surface area (TPSA) is 36.0 Å². The highest BCUT2D eigenvalue weighted by molar-refractivity contribution is 9.10. The second-order valence-electron chi connectivity index (χ2n) is 3.39. The molecule has 0 bridgehead atoms. The zero-order chi connectivity index (χ0) is 10.1. The minimum Gasteiger partial charge on any atom is -0.396 e. The van der Waals surface area contributed by atoms with E-state index in [4.69, 9.17) is 5.11 Å². The highest BCUT2D eigenvalue weighted by atomic mass is 79.9. The van der Waals surface area contributed by atoms with Crippen LogP contribution in [0.2, 0.25) is 0 Å². The lowest BCUT2D eigenvalue weighted by Crippen LogP contribution is -1.91. The Morgan fingerprint density at radius 1 is 1.43 bits per heavy atom. The van der Waals surface area contributed by atoms with E-state index in [0.717, 1.165) is 15.7 Å². The van der Waals surface area contributed by atoms with Crippen LogP contribution in [0.4, 0.5) is 0 Å². The van der Waals surface area contributed by atoms with Crippen LogP contribution in [-0.2, 0) is 6.42 Å². The molecule has 0 aliphatic heterocycles. The van der Waals surface area contributed by atoms with Gasteiger partial charge in [-0.3, -0.25) is 0 Å². The molecule has 0 spiro atoms. The van der Waals surface area contributed by atoms with Crippen molar-refractivity contribution in [3.8, 4) is 0 Å². The van der Waals surface area contributed by atoms with Crippen molar-refractivity contribution in [2.24, 2.45) is 0 Å². The number of hydrogen-bond acceptors (Lipinski definition) is 1. The summed E-state index contributed by atoms with van der Waals surface area (Å²) >= 11 is 3.45. The lowest BCUT2D eigenvalue weighted by molar-refractivity contribution is 0.300. The first kappa shape index (κ1) is 9.74. The van der Waals surface area contributed by atoms with E-state index in [-0.39, 0.29) is 6.61 Å². The number of aliphatic hydroxyl groups is 1. The van der Waals surface area contributed by atoms with Crippen LogP contribution in [0.15, 0.2) is 22.7 Å². The Labute approximate surface area is 91.1 Å². The molecule has 0 unspecified atom stereocenters. The van der Waals surface area contributed by atoms with Gasteiger partial charge in [-0.2, -0.15) is 0 Å². The minimum atomic E-state index is 0.195. The third-order valence-electron chi connectivity index (χ3n) is 2.44. The first-order chi connectivity index (χ1) is 6.72. The summed E-state index contributed by atoms with van der Waals surface area (Å²) in [4.78, 5) is 3.31. The zero-order valence-electron chi connectivity index (χ0n) is 7.97. The molecule has 1 aromatic heterocycles. The van der Waals surface area contributed by atoms with Gasteiger partial charge in [-0.1, -0.05) is 15.9 Å². The van der Waals surface area contributed by atoms with Crippen molar-refractivity contribution in [3.05, 3.63) is 33.9 Å². The van der Waals surface area contributed by atoms with Crippen molar-refractivity contribution in [3.63, 3.8) is 0 Å². The molecule has 1 heterocycles. The molecule has 0 atom stereocenters. The van der Waals surface area contributed by atoms with Crippen molar-refractivity contribution in [2.75, 3.05) is 6.61 Å². The Balaban J connectivity index is 2.66. The molecule has 0 aliphatic rings. The number of H-pyrrole nitrogens is 1. The van der Waals surface area contributed by atoms with Crippen LogP contribution in [-0.4, -0.2) is 16.7 Å². The van der Waals surface area contributed by atoms with Crippen LogP contribution >= 0.6 is 15.9 Å². The van der Waals surface area contributed by atoms with Crippen LogP contribution in [0, 0.1) is 6.92 Å². The van der Waals surface area contributed by atoms with Gasteiger partial charge in [-0.25, -0.2) is 0 Å². The molecular weight excluding hydrogens is 242 g/mol. The number of aromatic amines is 1. The summed E-state index contributed by atoms with van der Waals surface area (Å²) in [5, 5.41) is 10.2. The Morgan fingerprint density at radius 2 is 2.21 bits per heavy atom. The monoisotopic (exact) mass is 253 g/mol. The van der Waals surface area contributed by atoms with Crippen LogP contribution in [0.1, 0.15) is 11.3 Å². The average Bonchev–Trinajstić information content (AvgIpc) is 2.45. The summed E-state index contributed by atoms with van der Waals surface area (Å²) in [6.07, 6.45) is 0.711. The number of halogens is 1. The first-order valence-corrected chi connectivity index (χ1v) is 5.39. The number of aryl methyl sites for hydroxylation is 1. The summed E-state index contributed by atoms with van der Waals surface area (Å²) in [7, 11) is 0. The fourth-order valence-corrected chi connectivity index (χ4v) is 2.15. The summed E-state index contributed by atoms with van der Waals surface area (Å²) in [6, 6.07) is 6.15. The summed E-state index contributed by atoms with van der Waals surface area (Å²) < 4.78 is 1.07.